The highest BCUT2D eigenvalue weighted by atomic mass is 16.2. The van der Waals surface area contributed by atoms with Crippen molar-refractivity contribution >= 4 is 11.7 Å². The number of Topliss-reactive ketones (excluding diaryl/α,β-unsaturated/α-hetero) is 1. The minimum absolute atomic E-state index is 0.0383. The zero-order chi connectivity index (χ0) is 22.2. The smallest absolute Gasteiger partial charge is 0.268 e. The highest BCUT2D eigenvalue weighted by Gasteiger charge is 2.35. The second-order valence-corrected chi connectivity index (χ2v) is 9.02. The predicted molar refractivity (Wildman–Crippen MR) is 121 cm³/mol. The van der Waals surface area contributed by atoms with Gasteiger partial charge in [-0.1, -0.05) is 61.9 Å². The summed E-state index contributed by atoms with van der Waals surface area (Å²) in [6.07, 6.45) is 2.49. The first-order chi connectivity index (χ1) is 14.7. The van der Waals surface area contributed by atoms with Crippen molar-refractivity contribution in [2.24, 2.45) is 5.41 Å². The number of nitrogens with one attached hydrogen (secondary N) is 1. The Morgan fingerprint density at radius 2 is 1.77 bits per heavy atom. The number of amides is 1. The number of fused-ring (bicyclic) bond motifs is 1. The third kappa shape index (κ3) is 4.22. The van der Waals surface area contributed by atoms with E-state index in [0.29, 0.717) is 36.2 Å². The second-order valence-electron chi connectivity index (χ2n) is 9.02. The molecule has 1 aromatic heterocycles. The summed E-state index contributed by atoms with van der Waals surface area (Å²) in [7, 11) is 0. The lowest BCUT2D eigenvalue weighted by atomic mass is 9.73. The van der Waals surface area contributed by atoms with Crippen LogP contribution in [0.2, 0.25) is 0 Å². The Morgan fingerprint density at radius 3 is 2.48 bits per heavy atom. The first-order valence-corrected chi connectivity index (χ1v) is 10.5. The van der Waals surface area contributed by atoms with Gasteiger partial charge in [0.05, 0.1) is 0 Å². The Kier molecular flexibility index (Phi) is 5.36. The molecule has 1 aliphatic carbocycles. The van der Waals surface area contributed by atoms with Gasteiger partial charge in [0, 0.05) is 30.4 Å². The normalized spacial score (nSPS) is 14.7. The molecule has 31 heavy (non-hydrogen) atoms. The van der Waals surface area contributed by atoms with Crippen molar-refractivity contribution < 1.29 is 9.59 Å². The first kappa shape index (κ1) is 20.8. The van der Waals surface area contributed by atoms with Crippen LogP contribution in [0.15, 0.2) is 65.6 Å². The van der Waals surface area contributed by atoms with Crippen LogP contribution in [0.1, 0.15) is 57.7 Å². The molecule has 0 aliphatic heterocycles. The highest BCUT2D eigenvalue weighted by Crippen LogP contribution is 2.35. The molecule has 0 bridgehead atoms. The van der Waals surface area contributed by atoms with E-state index in [4.69, 9.17) is 0 Å². The van der Waals surface area contributed by atoms with Gasteiger partial charge in [0.15, 0.2) is 5.78 Å². The lowest BCUT2D eigenvalue weighted by Crippen LogP contribution is -2.38. The summed E-state index contributed by atoms with van der Waals surface area (Å²) in [4.78, 5) is 39.7. The Hall–Kier alpha value is -3.47. The van der Waals surface area contributed by atoms with E-state index in [1.54, 1.807) is 18.3 Å². The third-order valence-electron chi connectivity index (χ3n) is 5.71. The van der Waals surface area contributed by atoms with Gasteiger partial charge >= 0.3 is 0 Å². The van der Waals surface area contributed by atoms with Crippen LogP contribution in [0.5, 0.6) is 0 Å². The zero-order valence-electron chi connectivity index (χ0n) is 18.1. The van der Waals surface area contributed by atoms with Crippen molar-refractivity contribution in [1.82, 2.24) is 9.88 Å². The molecule has 1 heterocycles. The largest absolute Gasteiger partial charge is 0.348 e. The number of ketones is 1. The average molecular weight is 415 g/mol. The van der Waals surface area contributed by atoms with Crippen LogP contribution in [-0.2, 0) is 13.0 Å². The summed E-state index contributed by atoms with van der Waals surface area (Å²) in [5.74, 6) is -0.484. The van der Waals surface area contributed by atoms with Crippen LogP contribution < -0.4 is 10.9 Å². The van der Waals surface area contributed by atoms with Crippen LogP contribution >= 0.6 is 0 Å². The Labute approximate surface area is 181 Å². The minimum Gasteiger partial charge on any atom is -0.348 e. The summed E-state index contributed by atoms with van der Waals surface area (Å²) < 4.78 is 1.41. The van der Waals surface area contributed by atoms with Gasteiger partial charge in [-0.3, -0.25) is 19.0 Å². The number of pyridine rings is 1. The van der Waals surface area contributed by atoms with Gasteiger partial charge < -0.3 is 5.32 Å². The van der Waals surface area contributed by atoms with Crippen LogP contribution in [0.4, 0.5) is 0 Å². The monoisotopic (exact) mass is 414 g/mol. The van der Waals surface area contributed by atoms with Crippen molar-refractivity contribution in [3.05, 3.63) is 99.0 Å². The Morgan fingerprint density at radius 1 is 1.03 bits per heavy atom. The standard InChI is InChI=1S/C26H26N2O3/c1-17-8-7-9-18(12-17)15-27-24(30)23-20-13-26(2,3)14-22(29)21(20)16-28(25(23)31)19-10-5-4-6-11-19/h4-12,16H,13-15H2,1-3H3,(H,27,30). The van der Waals surface area contributed by atoms with Crippen LogP contribution in [0, 0.1) is 12.3 Å². The molecule has 3 aromatic rings. The molecule has 0 saturated heterocycles. The molecule has 1 aliphatic rings. The fraction of sp³-hybridized carbons (Fsp3) is 0.269. The summed E-state index contributed by atoms with van der Waals surface area (Å²) in [5.41, 5.74) is 3.05. The van der Waals surface area contributed by atoms with Crippen molar-refractivity contribution in [3.63, 3.8) is 0 Å². The van der Waals surface area contributed by atoms with Gasteiger partial charge in [-0.2, -0.15) is 0 Å². The van der Waals surface area contributed by atoms with Gasteiger partial charge in [-0.15, -0.1) is 0 Å². The number of benzene rings is 2. The number of carbonyl (C=O) groups excluding carboxylic acids is 2. The molecule has 158 valence electrons. The number of aromatic nitrogens is 1. The summed E-state index contributed by atoms with van der Waals surface area (Å²) in [5, 5.41) is 2.89. The van der Waals surface area contributed by atoms with Gasteiger partial charge in [-0.25, -0.2) is 0 Å². The molecule has 0 spiro atoms. The maximum atomic E-state index is 13.5. The maximum Gasteiger partial charge on any atom is 0.268 e. The molecule has 1 N–H and O–H groups in total. The van der Waals surface area contributed by atoms with E-state index >= 15 is 0 Å². The Bertz CT molecular complexity index is 1220. The molecule has 2 aromatic carbocycles. The SMILES string of the molecule is Cc1cccc(CNC(=O)c2c3c(cn(-c4ccccc4)c2=O)C(=O)CC(C)(C)C3)c1. The quantitative estimate of drug-likeness (QED) is 0.695. The summed E-state index contributed by atoms with van der Waals surface area (Å²) >= 11 is 0. The first-order valence-electron chi connectivity index (χ1n) is 10.5. The topological polar surface area (TPSA) is 68.2 Å². The average Bonchev–Trinajstić information content (AvgIpc) is 2.72. The molecule has 5 heteroatoms. The van der Waals surface area contributed by atoms with Gasteiger partial charge in [0.2, 0.25) is 0 Å². The number of carbonyl (C=O) groups is 2. The fourth-order valence-electron chi connectivity index (χ4n) is 4.25. The van der Waals surface area contributed by atoms with Crippen LogP contribution in [-0.4, -0.2) is 16.3 Å². The van der Waals surface area contributed by atoms with Crippen LogP contribution in [0.3, 0.4) is 0 Å². The second kappa shape index (κ2) is 7.99. The van der Waals surface area contributed by atoms with E-state index in [1.807, 2.05) is 63.2 Å². The van der Waals surface area contributed by atoms with Gasteiger partial charge in [0.25, 0.3) is 11.5 Å². The molecule has 4 rings (SSSR count). The number of hydrogen-bond acceptors (Lipinski definition) is 3. The fourth-order valence-corrected chi connectivity index (χ4v) is 4.25. The van der Waals surface area contributed by atoms with Gasteiger partial charge in [-0.05, 0) is 42.0 Å². The molecule has 0 radical (unpaired) electrons. The number of nitrogens with zero attached hydrogens (tertiary/aromatic N) is 1. The van der Waals surface area contributed by atoms with E-state index in [0.717, 1.165) is 11.1 Å². The van der Waals surface area contributed by atoms with E-state index in [-0.39, 0.29) is 16.8 Å². The minimum atomic E-state index is -0.446. The predicted octanol–water partition coefficient (Wildman–Crippen LogP) is 4.23. The molecular formula is C26H26N2O3. The van der Waals surface area contributed by atoms with Crippen molar-refractivity contribution in [2.75, 3.05) is 0 Å². The van der Waals surface area contributed by atoms with E-state index in [1.165, 1.54) is 4.57 Å². The summed E-state index contributed by atoms with van der Waals surface area (Å²) in [6.45, 7) is 6.29. The maximum absolute atomic E-state index is 13.5. The molecule has 1 amide bonds. The molecule has 0 atom stereocenters. The number of aryl methyl sites for hydroxylation is 1. The highest BCUT2D eigenvalue weighted by molar-refractivity contribution is 6.04. The zero-order valence-corrected chi connectivity index (χ0v) is 18.1. The molecular weight excluding hydrogens is 388 g/mol. The van der Waals surface area contributed by atoms with Crippen LogP contribution in [0.25, 0.3) is 5.69 Å². The van der Waals surface area contributed by atoms with E-state index in [9.17, 15) is 14.4 Å². The van der Waals surface area contributed by atoms with E-state index in [2.05, 4.69) is 5.32 Å². The molecule has 0 unspecified atom stereocenters. The van der Waals surface area contributed by atoms with Gasteiger partial charge in [0.1, 0.15) is 5.56 Å². The lowest BCUT2D eigenvalue weighted by Gasteiger charge is -2.31. The lowest BCUT2D eigenvalue weighted by molar-refractivity contribution is 0.0909. The number of hydrogen-bond donors (Lipinski definition) is 1. The number of rotatable bonds is 4. The molecule has 0 saturated carbocycles. The van der Waals surface area contributed by atoms with E-state index < -0.39 is 11.5 Å². The van der Waals surface area contributed by atoms with Crippen molar-refractivity contribution in [1.29, 1.82) is 0 Å². The van der Waals surface area contributed by atoms with Crippen molar-refractivity contribution in [2.45, 2.75) is 40.2 Å². The molecule has 0 fully saturated rings. The Balaban J connectivity index is 1.81. The third-order valence-corrected chi connectivity index (χ3v) is 5.71. The van der Waals surface area contributed by atoms with Crippen molar-refractivity contribution in [3.8, 4) is 5.69 Å². The molecule has 5 nitrogen and oxygen atoms in total. The number of para-hydroxylation sites is 1. The summed E-state index contributed by atoms with van der Waals surface area (Å²) in [6, 6.07) is 16.9.